The second-order valence-electron chi connectivity index (χ2n) is 6.60. The predicted molar refractivity (Wildman–Crippen MR) is 99.2 cm³/mol. The maximum Gasteiger partial charge on any atom is 0.255 e. The molecular formula is C20H20N4O2. The molecule has 0 unspecified atom stereocenters. The summed E-state index contributed by atoms with van der Waals surface area (Å²) in [6.45, 7) is 5.52. The SMILES string of the molecule is Cc1cnn(C(C)(C)C(=O)c2ccc(NC(=O)c3ccccc3)cn2)c1. The van der Waals surface area contributed by atoms with Gasteiger partial charge in [-0.05, 0) is 50.6 Å². The Bertz CT molecular complexity index is 928. The summed E-state index contributed by atoms with van der Waals surface area (Å²) >= 11 is 0. The van der Waals surface area contributed by atoms with Crippen LogP contribution in [0.25, 0.3) is 0 Å². The molecule has 0 aliphatic carbocycles. The third-order valence-corrected chi connectivity index (χ3v) is 4.13. The van der Waals surface area contributed by atoms with Crippen molar-refractivity contribution < 1.29 is 9.59 Å². The molecule has 3 aromatic rings. The van der Waals surface area contributed by atoms with Crippen LogP contribution in [0.3, 0.4) is 0 Å². The monoisotopic (exact) mass is 348 g/mol. The van der Waals surface area contributed by atoms with Crippen molar-refractivity contribution in [2.24, 2.45) is 0 Å². The summed E-state index contributed by atoms with van der Waals surface area (Å²) in [4.78, 5) is 29.2. The van der Waals surface area contributed by atoms with Crippen molar-refractivity contribution in [3.05, 3.63) is 77.9 Å². The molecule has 0 fully saturated rings. The average Bonchev–Trinajstić information content (AvgIpc) is 3.10. The zero-order valence-electron chi connectivity index (χ0n) is 14.9. The third kappa shape index (κ3) is 3.54. The van der Waals surface area contributed by atoms with Crippen LogP contribution >= 0.6 is 0 Å². The van der Waals surface area contributed by atoms with Crippen molar-refractivity contribution in [3.8, 4) is 0 Å². The van der Waals surface area contributed by atoms with Gasteiger partial charge in [0.1, 0.15) is 11.2 Å². The van der Waals surface area contributed by atoms with Gasteiger partial charge in [-0.2, -0.15) is 5.10 Å². The van der Waals surface area contributed by atoms with Gasteiger partial charge >= 0.3 is 0 Å². The summed E-state index contributed by atoms with van der Waals surface area (Å²) in [6, 6.07) is 12.2. The van der Waals surface area contributed by atoms with E-state index in [4.69, 9.17) is 0 Å². The molecule has 1 aromatic carbocycles. The van der Waals surface area contributed by atoms with Crippen LogP contribution in [0, 0.1) is 6.92 Å². The van der Waals surface area contributed by atoms with E-state index in [0.717, 1.165) is 5.56 Å². The van der Waals surface area contributed by atoms with E-state index in [-0.39, 0.29) is 11.7 Å². The number of amides is 1. The van der Waals surface area contributed by atoms with E-state index in [9.17, 15) is 9.59 Å². The van der Waals surface area contributed by atoms with Gasteiger partial charge in [-0.15, -0.1) is 0 Å². The number of nitrogens with one attached hydrogen (secondary N) is 1. The lowest BCUT2D eigenvalue weighted by Gasteiger charge is -2.23. The van der Waals surface area contributed by atoms with E-state index >= 15 is 0 Å². The number of hydrogen-bond donors (Lipinski definition) is 1. The van der Waals surface area contributed by atoms with E-state index in [1.807, 2.05) is 19.2 Å². The Hall–Kier alpha value is -3.28. The van der Waals surface area contributed by atoms with Gasteiger partial charge in [-0.3, -0.25) is 19.3 Å². The molecule has 0 bridgehead atoms. The highest BCUT2D eigenvalue weighted by Gasteiger charge is 2.32. The van der Waals surface area contributed by atoms with Crippen molar-refractivity contribution in [1.82, 2.24) is 14.8 Å². The highest BCUT2D eigenvalue weighted by atomic mass is 16.1. The first-order valence-electron chi connectivity index (χ1n) is 8.27. The van der Waals surface area contributed by atoms with Crippen LogP contribution in [0.2, 0.25) is 0 Å². The molecule has 26 heavy (non-hydrogen) atoms. The molecule has 0 aliphatic heterocycles. The highest BCUT2D eigenvalue weighted by Crippen LogP contribution is 2.21. The number of benzene rings is 1. The zero-order chi connectivity index (χ0) is 18.7. The van der Waals surface area contributed by atoms with Crippen LogP contribution in [-0.4, -0.2) is 26.5 Å². The van der Waals surface area contributed by atoms with Crippen LogP contribution in [0.5, 0.6) is 0 Å². The predicted octanol–water partition coefficient (Wildman–Crippen LogP) is 3.46. The molecule has 0 atom stereocenters. The number of ketones is 1. The molecule has 1 amide bonds. The molecular weight excluding hydrogens is 328 g/mol. The largest absolute Gasteiger partial charge is 0.321 e. The molecule has 0 saturated carbocycles. The standard InChI is InChI=1S/C20H20N4O2/c1-14-11-22-24(13-14)20(2,3)18(25)17-10-9-16(12-21-17)23-19(26)15-7-5-4-6-8-15/h4-13H,1-3H3,(H,23,26). The smallest absolute Gasteiger partial charge is 0.255 e. The summed E-state index contributed by atoms with van der Waals surface area (Å²) in [7, 11) is 0. The van der Waals surface area contributed by atoms with Crippen LogP contribution in [0.1, 0.15) is 40.3 Å². The Morgan fingerprint density at radius 1 is 1.04 bits per heavy atom. The number of anilines is 1. The Balaban J connectivity index is 1.75. The Kier molecular flexibility index (Phi) is 4.67. The Labute approximate surface area is 151 Å². The topological polar surface area (TPSA) is 76.9 Å². The molecule has 0 saturated heterocycles. The van der Waals surface area contributed by atoms with Crippen molar-refractivity contribution in [3.63, 3.8) is 0 Å². The maximum absolute atomic E-state index is 12.8. The molecule has 0 radical (unpaired) electrons. The molecule has 6 nitrogen and oxygen atoms in total. The van der Waals surface area contributed by atoms with Crippen molar-refractivity contribution >= 4 is 17.4 Å². The van der Waals surface area contributed by atoms with E-state index in [1.54, 1.807) is 61.1 Å². The summed E-state index contributed by atoms with van der Waals surface area (Å²) in [5, 5.41) is 7.00. The zero-order valence-corrected chi connectivity index (χ0v) is 14.9. The van der Waals surface area contributed by atoms with Gasteiger partial charge in [-0.1, -0.05) is 18.2 Å². The number of aromatic nitrogens is 3. The number of aryl methyl sites for hydroxylation is 1. The first-order valence-corrected chi connectivity index (χ1v) is 8.27. The summed E-state index contributed by atoms with van der Waals surface area (Å²) in [6.07, 6.45) is 5.02. The van der Waals surface area contributed by atoms with Gasteiger partial charge in [0, 0.05) is 11.8 Å². The van der Waals surface area contributed by atoms with Crippen molar-refractivity contribution in [1.29, 1.82) is 0 Å². The number of pyridine rings is 1. The number of carbonyl (C=O) groups is 2. The fourth-order valence-corrected chi connectivity index (χ4v) is 2.53. The molecule has 0 spiro atoms. The minimum atomic E-state index is -0.851. The minimum Gasteiger partial charge on any atom is -0.321 e. The Morgan fingerprint density at radius 2 is 1.77 bits per heavy atom. The third-order valence-electron chi connectivity index (χ3n) is 4.13. The normalized spacial score (nSPS) is 11.2. The lowest BCUT2D eigenvalue weighted by Crippen LogP contribution is -2.36. The van der Waals surface area contributed by atoms with Gasteiger partial charge in [-0.25, -0.2) is 0 Å². The van der Waals surface area contributed by atoms with Gasteiger partial charge < -0.3 is 5.32 Å². The molecule has 2 aromatic heterocycles. The minimum absolute atomic E-state index is 0.151. The molecule has 6 heteroatoms. The maximum atomic E-state index is 12.8. The second-order valence-corrected chi connectivity index (χ2v) is 6.60. The first kappa shape index (κ1) is 17.5. The van der Waals surface area contributed by atoms with E-state index in [2.05, 4.69) is 15.4 Å². The van der Waals surface area contributed by atoms with Gasteiger partial charge in [0.15, 0.2) is 0 Å². The first-order chi connectivity index (χ1) is 12.4. The summed E-state index contributed by atoms with van der Waals surface area (Å²) < 4.78 is 1.64. The molecule has 3 rings (SSSR count). The summed E-state index contributed by atoms with van der Waals surface area (Å²) in [5.41, 5.74) is 1.54. The van der Waals surface area contributed by atoms with Crippen LogP contribution in [-0.2, 0) is 5.54 Å². The number of nitrogens with zero attached hydrogens (tertiary/aromatic N) is 3. The van der Waals surface area contributed by atoms with Crippen molar-refractivity contribution in [2.75, 3.05) is 5.32 Å². The molecule has 1 N–H and O–H groups in total. The van der Waals surface area contributed by atoms with Gasteiger partial charge in [0.25, 0.3) is 5.91 Å². The number of rotatable bonds is 5. The number of hydrogen-bond acceptors (Lipinski definition) is 4. The summed E-state index contributed by atoms with van der Waals surface area (Å²) in [5.74, 6) is -0.375. The van der Waals surface area contributed by atoms with E-state index in [1.165, 1.54) is 6.20 Å². The van der Waals surface area contributed by atoms with Crippen molar-refractivity contribution in [2.45, 2.75) is 26.3 Å². The van der Waals surface area contributed by atoms with E-state index < -0.39 is 5.54 Å². The van der Waals surface area contributed by atoms with Gasteiger partial charge in [0.2, 0.25) is 5.78 Å². The lowest BCUT2D eigenvalue weighted by atomic mass is 9.96. The van der Waals surface area contributed by atoms with Crippen LogP contribution < -0.4 is 5.32 Å². The second kappa shape index (κ2) is 6.92. The van der Waals surface area contributed by atoms with Crippen LogP contribution in [0.4, 0.5) is 5.69 Å². The molecule has 2 heterocycles. The fraction of sp³-hybridized carbons (Fsp3) is 0.200. The molecule has 0 aliphatic rings. The average molecular weight is 348 g/mol. The Morgan fingerprint density at radius 3 is 2.35 bits per heavy atom. The lowest BCUT2D eigenvalue weighted by molar-refractivity contribution is 0.0828. The van der Waals surface area contributed by atoms with E-state index in [0.29, 0.717) is 16.9 Å². The highest BCUT2D eigenvalue weighted by molar-refractivity contribution is 6.04. The van der Waals surface area contributed by atoms with Gasteiger partial charge in [0.05, 0.1) is 18.1 Å². The molecule has 132 valence electrons. The quantitative estimate of drug-likeness (QED) is 0.716. The fourth-order valence-electron chi connectivity index (χ4n) is 2.53. The number of Topliss-reactive ketones (excluding diaryl/α,β-unsaturated/α-hetero) is 1. The number of carbonyl (C=O) groups excluding carboxylic acids is 2. The van der Waals surface area contributed by atoms with Crippen LogP contribution in [0.15, 0.2) is 61.1 Å².